The van der Waals surface area contributed by atoms with Crippen molar-refractivity contribution in [2.24, 2.45) is 0 Å². The minimum Gasteiger partial charge on any atom is -0.481 e. The second kappa shape index (κ2) is 4.37. The molecule has 0 atom stereocenters. The molecule has 5 heteroatoms. The van der Waals surface area contributed by atoms with Crippen LogP contribution < -0.4 is 10.5 Å². The third-order valence-electron chi connectivity index (χ3n) is 2.39. The summed E-state index contributed by atoms with van der Waals surface area (Å²) in [7, 11) is 1.50. The van der Waals surface area contributed by atoms with E-state index >= 15 is 0 Å². The molecular formula is C12H12FN3O. The van der Waals surface area contributed by atoms with Gasteiger partial charge in [-0.2, -0.15) is 4.98 Å². The van der Waals surface area contributed by atoms with Gasteiger partial charge in [-0.3, -0.25) is 0 Å². The van der Waals surface area contributed by atoms with Crippen LogP contribution in [0.5, 0.6) is 5.88 Å². The monoisotopic (exact) mass is 233 g/mol. The highest BCUT2D eigenvalue weighted by Gasteiger charge is 2.08. The van der Waals surface area contributed by atoms with Gasteiger partial charge in [0.1, 0.15) is 5.82 Å². The zero-order chi connectivity index (χ0) is 12.4. The molecule has 0 amide bonds. The molecule has 0 aliphatic carbocycles. The van der Waals surface area contributed by atoms with Crippen molar-refractivity contribution in [1.29, 1.82) is 0 Å². The van der Waals surface area contributed by atoms with Crippen molar-refractivity contribution in [3.8, 4) is 17.1 Å². The molecular weight excluding hydrogens is 221 g/mol. The van der Waals surface area contributed by atoms with Gasteiger partial charge in [0.15, 0.2) is 0 Å². The minimum atomic E-state index is -0.278. The molecule has 1 aromatic carbocycles. The van der Waals surface area contributed by atoms with E-state index in [0.29, 0.717) is 11.6 Å². The Hall–Kier alpha value is -2.17. The lowest BCUT2D eigenvalue weighted by atomic mass is 10.1. The van der Waals surface area contributed by atoms with Crippen molar-refractivity contribution in [3.05, 3.63) is 35.6 Å². The van der Waals surface area contributed by atoms with Crippen LogP contribution in [-0.4, -0.2) is 17.1 Å². The van der Waals surface area contributed by atoms with Crippen molar-refractivity contribution in [1.82, 2.24) is 9.97 Å². The molecule has 0 saturated carbocycles. The highest BCUT2D eigenvalue weighted by atomic mass is 19.1. The van der Waals surface area contributed by atoms with Crippen LogP contribution in [0.3, 0.4) is 0 Å². The summed E-state index contributed by atoms with van der Waals surface area (Å²) in [5, 5.41) is 0. The second-order valence-corrected chi connectivity index (χ2v) is 3.61. The fraction of sp³-hybridized carbons (Fsp3) is 0.167. The Balaban J connectivity index is 2.55. The van der Waals surface area contributed by atoms with Crippen LogP contribution >= 0.6 is 0 Å². The molecule has 0 fully saturated rings. The molecule has 0 saturated heterocycles. The van der Waals surface area contributed by atoms with Gasteiger partial charge in [-0.05, 0) is 30.7 Å². The Bertz CT molecular complexity index is 557. The predicted molar refractivity (Wildman–Crippen MR) is 63.1 cm³/mol. The number of hydrogen-bond donors (Lipinski definition) is 1. The van der Waals surface area contributed by atoms with Gasteiger partial charge in [-0.1, -0.05) is 0 Å². The standard InChI is InChI=1S/C12H12FN3O/c1-7-5-8(13)3-4-9(7)10-6-11(17-2)16-12(14)15-10/h3-6H,1-2H3,(H2,14,15,16). The van der Waals surface area contributed by atoms with E-state index in [1.807, 2.05) is 6.92 Å². The van der Waals surface area contributed by atoms with Crippen molar-refractivity contribution in [3.63, 3.8) is 0 Å². The molecule has 0 spiro atoms. The Kier molecular flexibility index (Phi) is 2.91. The van der Waals surface area contributed by atoms with Crippen LogP contribution in [-0.2, 0) is 0 Å². The summed E-state index contributed by atoms with van der Waals surface area (Å²) in [5.74, 6) is 0.236. The maximum Gasteiger partial charge on any atom is 0.223 e. The fourth-order valence-corrected chi connectivity index (χ4v) is 1.60. The number of nitrogen functional groups attached to an aromatic ring is 1. The third kappa shape index (κ3) is 2.33. The average Bonchev–Trinajstić information content (AvgIpc) is 2.28. The van der Waals surface area contributed by atoms with E-state index in [9.17, 15) is 4.39 Å². The summed E-state index contributed by atoms with van der Waals surface area (Å²) in [6, 6.07) is 6.15. The zero-order valence-corrected chi connectivity index (χ0v) is 9.57. The van der Waals surface area contributed by atoms with Gasteiger partial charge in [0, 0.05) is 11.6 Å². The lowest BCUT2D eigenvalue weighted by Crippen LogP contribution is -1.99. The molecule has 2 N–H and O–H groups in total. The molecule has 17 heavy (non-hydrogen) atoms. The number of halogens is 1. The highest BCUT2D eigenvalue weighted by molar-refractivity contribution is 5.65. The molecule has 0 aliphatic heterocycles. The van der Waals surface area contributed by atoms with Crippen LogP contribution in [0.25, 0.3) is 11.3 Å². The maximum atomic E-state index is 13.0. The fourth-order valence-electron chi connectivity index (χ4n) is 1.60. The molecule has 1 aromatic heterocycles. The van der Waals surface area contributed by atoms with Gasteiger partial charge in [0.25, 0.3) is 0 Å². The SMILES string of the molecule is COc1cc(-c2ccc(F)cc2C)nc(N)n1. The van der Waals surface area contributed by atoms with E-state index in [2.05, 4.69) is 9.97 Å². The number of aromatic nitrogens is 2. The van der Waals surface area contributed by atoms with E-state index < -0.39 is 0 Å². The van der Waals surface area contributed by atoms with E-state index in [1.165, 1.54) is 19.2 Å². The Morgan fingerprint density at radius 3 is 2.65 bits per heavy atom. The lowest BCUT2D eigenvalue weighted by molar-refractivity contribution is 0.398. The van der Waals surface area contributed by atoms with Gasteiger partial charge in [0.2, 0.25) is 11.8 Å². The first-order chi connectivity index (χ1) is 8.10. The van der Waals surface area contributed by atoms with Crippen LogP contribution in [0.4, 0.5) is 10.3 Å². The number of ether oxygens (including phenoxy) is 1. The molecule has 4 nitrogen and oxygen atoms in total. The van der Waals surface area contributed by atoms with E-state index in [1.54, 1.807) is 12.1 Å². The molecule has 2 rings (SSSR count). The summed E-state index contributed by atoms with van der Waals surface area (Å²) in [4.78, 5) is 8.00. The number of anilines is 1. The number of benzene rings is 1. The number of nitrogens with zero attached hydrogens (tertiary/aromatic N) is 2. The van der Waals surface area contributed by atoms with Gasteiger partial charge >= 0.3 is 0 Å². The van der Waals surface area contributed by atoms with Crippen molar-refractivity contribution < 1.29 is 9.13 Å². The Labute approximate surface area is 98.3 Å². The van der Waals surface area contributed by atoms with Gasteiger partial charge in [-0.25, -0.2) is 9.37 Å². The molecule has 0 bridgehead atoms. The zero-order valence-electron chi connectivity index (χ0n) is 9.57. The number of hydrogen-bond acceptors (Lipinski definition) is 4. The van der Waals surface area contributed by atoms with Gasteiger partial charge < -0.3 is 10.5 Å². The third-order valence-corrected chi connectivity index (χ3v) is 2.39. The quantitative estimate of drug-likeness (QED) is 0.863. The number of rotatable bonds is 2. The van der Waals surface area contributed by atoms with Crippen molar-refractivity contribution >= 4 is 5.95 Å². The van der Waals surface area contributed by atoms with Crippen LogP contribution in [0.2, 0.25) is 0 Å². The normalized spacial score (nSPS) is 10.3. The average molecular weight is 233 g/mol. The van der Waals surface area contributed by atoms with Crippen LogP contribution in [0.1, 0.15) is 5.56 Å². The van der Waals surface area contributed by atoms with E-state index in [-0.39, 0.29) is 11.8 Å². The second-order valence-electron chi connectivity index (χ2n) is 3.61. The molecule has 1 heterocycles. The highest BCUT2D eigenvalue weighted by Crippen LogP contribution is 2.25. The first-order valence-electron chi connectivity index (χ1n) is 5.05. The first-order valence-corrected chi connectivity index (χ1v) is 5.05. The molecule has 2 aromatic rings. The lowest BCUT2D eigenvalue weighted by Gasteiger charge is -2.07. The van der Waals surface area contributed by atoms with E-state index in [4.69, 9.17) is 10.5 Å². The predicted octanol–water partition coefficient (Wildman–Crippen LogP) is 2.18. The summed E-state index contributed by atoms with van der Waals surface area (Å²) < 4.78 is 18.0. The maximum absolute atomic E-state index is 13.0. The summed E-state index contributed by atoms with van der Waals surface area (Å²) >= 11 is 0. The number of methoxy groups -OCH3 is 1. The van der Waals surface area contributed by atoms with Gasteiger partial charge in [-0.15, -0.1) is 0 Å². The molecule has 0 aliphatic rings. The smallest absolute Gasteiger partial charge is 0.223 e. The van der Waals surface area contributed by atoms with Crippen molar-refractivity contribution in [2.75, 3.05) is 12.8 Å². The molecule has 88 valence electrons. The summed E-state index contributed by atoms with van der Waals surface area (Å²) in [6.07, 6.45) is 0. The summed E-state index contributed by atoms with van der Waals surface area (Å²) in [5.41, 5.74) is 7.78. The topological polar surface area (TPSA) is 61.0 Å². The Morgan fingerprint density at radius 1 is 1.24 bits per heavy atom. The number of nitrogens with two attached hydrogens (primary N) is 1. The molecule has 0 radical (unpaired) electrons. The summed E-state index contributed by atoms with van der Waals surface area (Å²) in [6.45, 7) is 1.81. The molecule has 0 unspecified atom stereocenters. The largest absolute Gasteiger partial charge is 0.481 e. The Morgan fingerprint density at radius 2 is 2.00 bits per heavy atom. The number of aryl methyl sites for hydroxylation is 1. The van der Waals surface area contributed by atoms with Crippen LogP contribution in [0, 0.1) is 12.7 Å². The first kappa shape index (κ1) is 11.3. The van der Waals surface area contributed by atoms with Gasteiger partial charge in [0.05, 0.1) is 12.8 Å². The van der Waals surface area contributed by atoms with Crippen LogP contribution in [0.15, 0.2) is 24.3 Å². The van der Waals surface area contributed by atoms with Crippen molar-refractivity contribution in [2.45, 2.75) is 6.92 Å². The van der Waals surface area contributed by atoms with E-state index in [0.717, 1.165) is 11.1 Å². The minimum absolute atomic E-state index is 0.128.